The maximum Gasteiger partial charge on any atom is 0.416 e. The van der Waals surface area contributed by atoms with Crippen molar-refractivity contribution in [1.82, 2.24) is 19.7 Å². The predicted molar refractivity (Wildman–Crippen MR) is 157 cm³/mol. The number of rotatable bonds is 10. The van der Waals surface area contributed by atoms with Crippen LogP contribution in [0.3, 0.4) is 0 Å². The summed E-state index contributed by atoms with van der Waals surface area (Å²) in [6, 6.07) is 15.8. The van der Waals surface area contributed by atoms with Gasteiger partial charge in [-0.05, 0) is 67.3 Å². The highest BCUT2D eigenvalue weighted by Crippen LogP contribution is 2.32. The second-order valence-corrected chi connectivity index (χ2v) is 10.6. The van der Waals surface area contributed by atoms with Crippen LogP contribution in [0.15, 0.2) is 73.2 Å². The van der Waals surface area contributed by atoms with E-state index in [1.54, 1.807) is 31.2 Å². The van der Waals surface area contributed by atoms with Gasteiger partial charge in [0.25, 0.3) is 5.91 Å². The average Bonchev–Trinajstić information content (AvgIpc) is 3.61. The predicted octanol–water partition coefficient (Wildman–Crippen LogP) is 6.41. The Labute approximate surface area is 249 Å². The first-order valence-corrected chi connectivity index (χ1v) is 13.7. The number of aromatic amines is 1. The Morgan fingerprint density at radius 3 is 2.45 bits per heavy atom. The number of nitrogens with zero attached hydrogens (tertiary/aromatic N) is 3. The van der Waals surface area contributed by atoms with E-state index in [0.29, 0.717) is 35.1 Å². The molecular weight excluding hydrogens is 575 g/mol. The SMILES string of the molecule is Cc1cncn1-c1cc(C(=O)Nc2cccc(CCc3ccc4c(C(=O)C[C@@H](C)C(=O)O)n[nH]c4c3)c2)cc(C(F)(F)F)c1. The van der Waals surface area contributed by atoms with Crippen LogP contribution in [0.1, 0.15) is 56.6 Å². The van der Waals surface area contributed by atoms with Gasteiger partial charge in [0.15, 0.2) is 5.78 Å². The third-order valence-electron chi connectivity index (χ3n) is 7.30. The minimum Gasteiger partial charge on any atom is -0.481 e. The van der Waals surface area contributed by atoms with Crippen LogP contribution in [0.4, 0.5) is 18.9 Å². The van der Waals surface area contributed by atoms with E-state index < -0.39 is 29.5 Å². The lowest BCUT2D eigenvalue weighted by Crippen LogP contribution is -2.15. The first kappa shape index (κ1) is 30.2. The monoisotopic (exact) mass is 603 g/mol. The molecule has 2 heterocycles. The number of nitrogens with one attached hydrogen (secondary N) is 2. The molecule has 226 valence electrons. The summed E-state index contributed by atoms with van der Waals surface area (Å²) >= 11 is 0. The van der Waals surface area contributed by atoms with Gasteiger partial charge in [-0.3, -0.25) is 19.5 Å². The number of aliphatic carboxylic acids is 1. The van der Waals surface area contributed by atoms with Crippen LogP contribution in [-0.4, -0.2) is 42.5 Å². The fraction of sp³-hybridized carbons (Fsp3) is 0.219. The maximum atomic E-state index is 13.7. The van der Waals surface area contributed by atoms with Crippen LogP contribution in [0.5, 0.6) is 0 Å². The summed E-state index contributed by atoms with van der Waals surface area (Å²) in [6.45, 7) is 3.17. The molecule has 1 amide bonds. The van der Waals surface area contributed by atoms with Gasteiger partial charge in [0, 0.05) is 40.6 Å². The molecule has 44 heavy (non-hydrogen) atoms. The molecule has 1 atom stereocenters. The van der Waals surface area contributed by atoms with Gasteiger partial charge in [-0.1, -0.05) is 31.2 Å². The van der Waals surface area contributed by atoms with Crippen molar-refractivity contribution in [3.05, 3.63) is 107 Å². The highest BCUT2D eigenvalue weighted by Gasteiger charge is 2.32. The van der Waals surface area contributed by atoms with Crippen LogP contribution in [0.2, 0.25) is 0 Å². The van der Waals surface area contributed by atoms with E-state index in [2.05, 4.69) is 20.5 Å². The number of anilines is 1. The first-order chi connectivity index (χ1) is 20.9. The summed E-state index contributed by atoms with van der Waals surface area (Å²) in [4.78, 5) is 40.7. The van der Waals surface area contributed by atoms with Crippen LogP contribution < -0.4 is 5.32 Å². The number of carbonyl (C=O) groups is 3. The van der Waals surface area contributed by atoms with Crippen LogP contribution in [0, 0.1) is 12.8 Å². The quantitative estimate of drug-likeness (QED) is 0.158. The zero-order valence-corrected chi connectivity index (χ0v) is 23.8. The number of halogens is 3. The van der Waals surface area contributed by atoms with E-state index in [4.69, 9.17) is 5.11 Å². The lowest BCUT2D eigenvalue weighted by atomic mass is 9.99. The number of aromatic nitrogens is 4. The minimum absolute atomic E-state index is 0.142. The number of benzene rings is 3. The van der Waals surface area contributed by atoms with Crippen molar-refractivity contribution in [2.24, 2.45) is 5.92 Å². The van der Waals surface area contributed by atoms with Crippen molar-refractivity contribution < 1.29 is 32.7 Å². The Balaban J connectivity index is 1.28. The van der Waals surface area contributed by atoms with Gasteiger partial charge < -0.3 is 15.0 Å². The van der Waals surface area contributed by atoms with Gasteiger partial charge in [0.2, 0.25) is 0 Å². The highest BCUT2D eigenvalue weighted by atomic mass is 19.4. The molecule has 0 aliphatic rings. The van der Waals surface area contributed by atoms with E-state index in [9.17, 15) is 27.6 Å². The number of amides is 1. The number of hydrogen-bond donors (Lipinski definition) is 3. The molecule has 5 rings (SSSR count). The molecule has 0 saturated carbocycles. The van der Waals surface area contributed by atoms with E-state index in [-0.39, 0.29) is 29.1 Å². The van der Waals surface area contributed by atoms with Crippen molar-refractivity contribution >= 4 is 34.3 Å². The number of carboxylic acid groups (broad SMARTS) is 1. The minimum atomic E-state index is -4.64. The second kappa shape index (κ2) is 12.2. The second-order valence-electron chi connectivity index (χ2n) is 10.6. The molecule has 5 aromatic rings. The third kappa shape index (κ3) is 6.69. The molecule has 3 aromatic carbocycles. The number of carbonyl (C=O) groups excluding carboxylic acids is 2. The number of imidazole rings is 1. The van der Waals surface area contributed by atoms with Gasteiger partial charge in [0.1, 0.15) is 5.69 Å². The molecule has 0 spiro atoms. The number of ketones is 1. The van der Waals surface area contributed by atoms with E-state index in [1.807, 2.05) is 18.2 Å². The van der Waals surface area contributed by atoms with Crippen molar-refractivity contribution in [3.8, 4) is 5.69 Å². The van der Waals surface area contributed by atoms with Crippen molar-refractivity contribution in [2.45, 2.75) is 39.3 Å². The summed E-state index contributed by atoms with van der Waals surface area (Å²) in [6.07, 6.45) is -0.673. The van der Waals surface area contributed by atoms with Crippen molar-refractivity contribution in [2.75, 3.05) is 5.32 Å². The van der Waals surface area contributed by atoms with E-state index in [1.165, 1.54) is 30.1 Å². The Hall–Kier alpha value is -5.26. The van der Waals surface area contributed by atoms with Gasteiger partial charge in [-0.15, -0.1) is 0 Å². The summed E-state index contributed by atoms with van der Waals surface area (Å²) < 4.78 is 42.4. The lowest BCUT2D eigenvalue weighted by Gasteiger charge is -2.14. The summed E-state index contributed by atoms with van der Waals surface area (Å²) in [5, 5.41) is 19.4. The first-order valence-electron chi connectivity index (χ1n) is 13.7. The van der Waals surface area contributed by atoms with Crippen molar-refractivity contribution in [1.29, 1.82) is 0 Å². The highest BCUT2D eigenvalue weighted by molar-refractivity contribution is 6.07. The molecule has 0 aliphatic carbocycles. The standard InChI is InChI=1S/C32H28F3N5O4/c1-18(31(43)44)10-28(41)29-26-9-8-21(12-27(26)38-39-29)7-6-20-4-3-5-24(11-20)37-30(42)22-13-23(32(33,34)35)15-25(14-22)40-17-36-16-19(40)2/h3-5,8-9,11-18H,6-7,10H2,1-2H3,(H,37,42)(H,38,39)(H,43,44)/t18-/m1/s1. The number of alkyl halides is 3. The molecule has 0 fully saturated rings. The van der Waals surface area contributed by atoms with Gasteiger partial charge in [-0.25, -0.2) is 4.98 Å². The van der Waals surface area contributed by atoms with Gasteiger partial charge in [0.05, 0.1) is 23.3 Å². The molecule has 3 N–H and O–H groups in total. The van der Waals surface area contributed by atoms with Crippen LogP contribution in [0.25, 0.3) is 16.6 Å². The molecule has 9 nitrogen and oxygen atoms in total. The zero-order chi connectivity index (χ0) is 31.6. The molecule has 2 aromatic heterocycles. The number of H-pyrrole nitrogens is 1. The van der Waals surface area contributed by atoms with E-state index >= 15 is 0 Å². The van der Waals surface area contributed by atoms with Crippen LogP contribution in [-0.2, 0) is 23.8 Å². The molecule has 0 radical (unpaired) electrons. The summed E-state index contributed by atoms with van der Waals surface area (Å²) in [7, 11) is 0. The number of carboxylic acids is 1. The molecule has 0 saturated heterocycles. The van der Waals surface area contributed by atoms with Gasteiger partial charge in [-0.2, -0.15) is 18.3 Å². The lowest BCUT2D eigenvalue weighted by molar-refractivity contribution is -0.141. The number of hydrogen-bond acceptors (Lipinski definition) is 5. The Morgan fingerprint density at radius 2 is 1.77 bits per heavy atom. The fourth-order valence-electron chi connectivity index (χ4n) is 4.87. The normalized spacial score (nSPS) is 12.3. The van der Waals surface area contributed by atoms with Gasteiger partial charge >= 0.3 is 12.1 Å². The number of Topliss-reactive ketones (excluding diaryl/α,β-unsaturated/α-hetero) is 1. The number of fused-ring (bicyclic) bond motifs is 1. The summed E-state index contributed by atoms with van der Waals surface area (Å²) in [5.41, 5.74) is 2.86. The van der Waals surface area contributed by atoms with E-state index in [0.717, 1.165) is 23.3 Å². The largest absolute Gasteiger partial charge is 0.481 e. The fourth-order valence-corrected chi connectivity index (χ4v) is 4.87. The molecule has 0 aliphatic heterocycles. The Kier molecular flexibility index (Phi) is 8.34. The topological polar surface area (TPSA) is 130 Å². The maximum absolute atomic E-state index is 13.7. The Bertz CT molecular complexity index is 1880. The zero-order valence-electron chi connectivity index (χ0n) is 23.8. The van der Waals surface area contributed by atoms with Crippen molar-refractivity contribution in [3.63, 3.8) is 0 Å². The average molecular weight is 604 g/mol. The smallest absolute Gasteiger partial charge is 0.416 e. The van der Waals surface area contributed by atoms with Crippen LogP contribution >= 0.6 is 0 Å². The number of aryl methyl sites for hydroxylation is 3. The Morgan fingerprint density at radius 1 is 1.02 bits per heavy atom. The molecule has 12 heteroatoms. The molecule has 0 unspecified atom stereocenters. The third-order valence-corrected chi connectivity index (χ3v) is 7.30. The molecule has 0 bridgehead atoms. The molecular formula is C32H28F3N5O4. The summed E-state index contributed by atoms with van der Waals surface area (Å²) in [5.74, 6) is -2.89.